The second-order valence-corrected chi connectivity index (χ2v) is 4.51. The van der Waals surface area contributed by atoms with Crippen LogP contribution in [-0.2, 0) is 16.0 Å². The Labute approximate surface area is 126 Å². The summed E-state index contributed by atoms with van der Waals surface area (Å²) in [6.07, 6.45) is -1.02. The molecule has 0 fully saturated rings. The average molecular weight is 296 g/mol. The van der Waals surface area contributed by atoms with Gasteiger partial charge in [0, 0.05) is 17.7 Å². The normalized spacial score (nSPS) is 11.2. The molecule has 1 atom stereocenters. The predicted molar refractivity (Wildman–Crippen MR) is 77.7 cm³/mol. The highest BCUT2D eigenvalue weighted by Gasteiger charge is 2.16. The molecule has 22 heavy (non-hydrogen) atoms. The second kappa shape index (κ2) is 6.99. The molecule has 0 aliphatic carbocycles. The van der Waals surface area contributed by atoms with Gasteiger partial charge in [-0.1, -0.05) is 42.5 Å². The summed E-state index contributed by atoms with van der Waals surface area (Å²) in [5, 5.41) is 19.6. The van der Waals surface area contributed by atoms with Gasteiger partial charge in [0.1, 0.15) is 6.07 Å². The molecule has 0 bridgehead atoms. The lowest BCUT2D eigenvalue weighted by atomic mass is 10.1. The quantitative estimate of drug-likeness (QED) is 0.480. The number of carbonyl (C=O) groups is 1. The fourth-order valence-corrected chi connectivity index (χ4v) is 1.87. The van der Waals surface area contributed by atoms with Gasteiger partial charge in [-0.25, -0.2) is 0 Å². The zero-order chi connectivity index (χ0) is 15.9. The van der Waals surface area contributed by atoms with Crippen molar-refractivity contribution in [3.63, 3.8) is 0 Å². The van der Waals surface area contributed by atoms with Gasteiger partial charge in [0.05, 0.1) is 11.3 Å². The number of hydrogen-bond acceptors (Lipinski definition) is 5. The van der Waals surface area contributed by atoms with Gasteiger partial charge in [0.25, 0.3) is 5.69 Å². The van der Waals surface area contributed by atoms with Crippen molar-refractivity contribution in [3.05, 3.63) is 75.8 Å². The Bertz CT molecular complexity index is 705. The van der Waals surface area contributed by atoms with Crippen molar-refractivity contribution < 1.29 is 14.5 Å². The van der Waals surface area contributed by atoms with E-state index in [0.29, 0.717) is 11.1 Å². The molecule has 0 radical (unpaired) electrons. The highest BCUT2D eigenvalue weighted by molar-refractivity contribution is 5.73. The first kappa shape index (κ1) is 15.2. The van der Waals surface area contributed by atoms with Crippen LogP contribution >= 0.6 is 0 Å². The van der Waals surface area contributed by atoms with Crippen LogP contribution in [0.4, 0.5) is 5.69 Å². The molecule has 0 aliphatic heterocycles. The summed E-state index contributed by atoms with van der Waals surface area (Å²) < 4.78 is 5.13. The number of benzene rings is 2. The van der Waals surface area contributed by atoms with E-state index in [0.717, 1.165) is 0 Å². The van der Waals surface area contributed by atoms with Crippen LogP contribution in [0.3, 0.4) is 0 Å². The summed E-state index contributed by atoms with van der Waals surface area (Å²) in [7, 11) is 0. The Kier molecular flexibility index (Phi) is 4.83. The number of carbonyl (C=O) groups excluding carboxylic acids is 1. The topological polar surface area (TPSA) is 93.2 Å². The molecule has 2 aromatic carbocycles. The van der Waals surface area contributed by atoms with Gasteiger partial charge >= 0.3 is 5.97 Å². The van der Waals surface area contributed by atoms with E-state index in [-0.39, 0.29) is 12.1 Å². The van der Waals surface area contributed by atoms with E-state index in [9.17, 15) is 14.9 Å². The van der Waals surface area contributed by atoms with Crippen LogP contribution < -0.4 is 0 Å². The maximum atomic E-state index is 11.9. The summed E-state index contributed by atoms with van der Waals surface area (Å²) in [6.45, 7) is 0. The van der Waals surface area contributed by atoms with Gasteiger partial charge < -0.3 is 4.74 Å². The maximum absolute atomic E-state index is 11.9. The van der Waals surface area contributed by atoms with Crippen LogP contribution in [0.5, 0.6) is 0 Å². The molecule has 2 aromatic rings. The molecule has 0 saturated carbocycles. The summed E-state index contributed by atoms with van der Waals surface area (Å²) in [6, 6.07) is 16.3. The molecule has 0 aliphatic rings. The molecule has 0 spiro atoms. The Hall–Kier alpha value is -3.20. The van der Waals surface area contributed by atoms with Crippen LogP contribution in [0.25, 0.3) is 0 Å². The minimum atomic E-state index is -0.966. The third-order valence-electron chi connectivity index (χ3n) is 2.96. The van der Waals surface area contributed by atoms with Gasteiger partial charge in [-0.15, -0.1) is 0 Å². The predicted octanol–water partition coefficient (Wildman–Crippen LogP) is 2.95. The van der Waals surface area contributed by atoms with E-state index in [4.69, 9.17) is 10.00 Å². The standard InChI is InChI=1S/C16H12N2O4/c17-11-15(13-4-2-1-3-5-13)22-16(19)10-12-6-8-14(9-7-12)18(20)21/h1-9,15H,10H2/t15-/m0/s1. The molecule has 0 amide bonds. The number of nitriles is 1. The van der Waals surface area contributed by atoms with E-state index in [1.54, 1.807) is 30.3 Å². The van der Waals surface area contributed by atoms with E-state index in [2.05, 4.69) is 0 Å². The van der Waals surface area contributed by atoms with Crippen molar-refractivity contribution in [2.24, 2.45) is 0 Å². The highest BCUT2D eigenvalue weighted by Crippen LogP contribution is 2.18. The first-order valence-electron chi connectivity index (χ1n) is 6.47. The van der Waals surface area contributed by atoms with Gasteiger partial charge in [-0.05, 0) is 5.56 Å². The van der Waals surface area contributed by atoms with Gasteiger partial charge in [0.2, 0.25) is 6.10 Å². The third kappa shape index (κ3) is 3.90. The van der Waals surface area contributed by atoms with Crippen molar-refractivity contribution in [2.45, 2.75) is 12.5 Å². The van der Waals surface area contributed by atoms with Crippen LogP contribution in [0.1, 0.15) is 17.2 Å². The van der Waals surface area contributed by atoms with Crippen molar-refractivity contribution in [3.8, 4) is 6.07 Å². The van der Waals surface area contributed by atoms with Crippen molar-refractivity contribution in [1.29, 1.82) is 5.26 Å². The molecule has 2 rings (SSSR count). The molecule has 110 valence electrons. The number of nitro groups is 1. The largest absolute Gasteiger partial charge is 0.442 e. The Balaban J connectivity index is 2.00. The minimum Gasteiger partial charge on any atom is -0.442 e. The lowest BCUT2D eigenvalue weighted by Gasteiger charge is -2.11. The van der Waals surface area contributed by atoms with Crippen molar-refractivity contribution in [1.82, 2.24) is 0 Å². The fourth-order valence-electron chi connectivity index (χ4n) is 1.87. The molecule has 6 nitrogen and oxygen atoms in total. The maximum Gasteiger partial charge on any atom is 0.311 e. The number of nitro benzene ring substituents is 1. The van der Waals surface area contributed by atoms with E-state index < -0.39 is 17.0 Å². The zero-order valence-electron chi connectivity index (χ0n) is 11.5. The van der Waals surface area contributed by atoms with Crippen molar-refractivity contribution >= 4 is 11.7 Å². The molecule has 0 unspecified atom stereocenters. The number of non-ortho nitro benzene ring substituents is 1. The van der Waals surface area contributed by atoms with Gasteiger partial charge in [0.15, 0.2) is 0 Å². The lowest BCUT2D eigenvalue weighted by molar-refractivity contribution is -0.384. The summed E-state index contributed by atoms with van der Waals surface area (Å²) in [5.74, 6) is -0.566. The molecular formula is C16H12N2O4. The summed E-state index contributed by atoms with van der Waals surface area (Å²) in [4.78, 5) is 21.9. The van der Waals surface area contributed by atoms with Gasteiger partial charge in [-0.3, -0.25) is 14.9 Å². The Morgan fingerprint density at radius 3 is 2.36 bits per heavy atom. The number of esters is 1. The lowest BCUT2D eigenvalue weighted by Crippen LogP contribution is -2.12. The fraction of sp³-hybridized carbons (Fsp3) is 0.125. The molecule has 0 heterocycles. The van der Waals surface area contributed by atoms with Crippen LogP contribution in [0.2, 0.25) is 0 Å². The van der Waals surface area contributed by atoms with E-state index >= 15 is 0 Å². The SMILES string of the molecule is N#C[C@H](OC(=O)Cc1ccc([N+](=O)[O-])cc1)c1ccccc1. The Morgan fingerprint density at radius 2 is 1.82 bits per heavy atom. The first-order chi connectivity index (χ1) is 10.6. The van der Waals surface area contributed by atoms with E-state index in [1.807, 2.05) is 6.07 Å². The minimum absolute atomic E-state index is 0.0451. The Morgan fingerprint density at radius 1 is 1.18 bits per heavy atom. The average Bonchev–Trinajstić information content (AvgIpc) is 2.54. The molecular weight excluding hydrogens is 284 g/mol. The number of hydrogen-bond donors (Lipinski definition) is 0. The van der Waals surface area contributed by atoms with Crippen LogP contribution in [0.15, 0.2) is 54.6 Å². The molecule has 0 N–H and O–H groups in total. The van der Waals surface area contributed by atoms with Crippen LogP contribution in [-0.4, -0.2) is 10.9 Å². The van der Waals surface area contributed by atoms with E-state index in [1.165, 1.54) is 24.3 Å². The second-order valence-electron chi connectivity index (χ2n) is 4.51. The monoisotopic (exact) mass is 296 g/mol. The number of nitrogens with zero attached hydrogens (tertiary/aromatic N) is 2. The zero-order valence-corrected chi connectivity index (χ0v) is 11.5. The summed E-state index contributed by atoms with van der Waals surface area (Å²) in [5.41, 5.74) is 1.14. The highest BCUT2D eigenvalue weighted by atomic mass is 16.6. The first-order valence-corrected chi connectivity index (χ1v) is 6.47. The molecule has 0 saturated heterocycles. The smallest absolute Gasteiger partial charge is 0.311 e. The number of rotatable bonds is 5. The number of ether oxygens (including phenoxy) is 1. The third-order valence-corrected chi connectivity index (χ3v) is 2.96. The van der Waals surface area contributed by atoms with Crippen LogP contribution in [0, 0.1) is 21.4 Å². The summed E-state index contributed by atoms with van der Waals surface area (Å²) >= 11 is 0. The van der Waals surface area contributed by atoms with Gasteiger partial charge in [-0.2, -0.15) is 5.26 Å². The molecule has 6 heteroatoms. The molecule has 0 aromatic heterocycles. The van der Waals surface area contributed by atoms with Crippen molar-refractivity contribution in [2.75, 3.05) is 0 Å².